The van der Waals surface area contributed by atoms with Crippen molar-refractivity contribution in [3.8, 4) is 0 Å². The minimum Gasteiger partial charge on any atom is -0.380 e. The van der Waals surface area contributed by atoms with Gasteiger partial charge in [-0.2, -0.15) is 0 Å². The van der Waals surface area contributed by atoms with Crippen LogP contribution in [0.15, 0.2) is 6.07 Å². The topological polar surface area (TPSA) is 35.2 Å². The van der Waals surface area contributed by atoms with E-state index in [-0.39, 0.29) is 35.7 Å². The summed E-state index contributed by atoms with van der Waals surface area (Å²) in [5, 5.41) is 0.166. The Balaban J connectivity index is 3.18. The second-order valence-electron chi connectivity index (χ2n) is 3.10. The number of methoxy groups -OCH3 is 1. The lowest BCUT2D eigenvalue weighted by molar-refractivity contribution is 0.180. The molecule has 0 amide bonds. The highest BCUT2D eigenvalue weighted by atomic mass is 35.5. The van der Waals surface area contributed by atoms with Gasteiger partial charge in [0.2, 0.25) is 0 Å². The molecular formula is C10H12ClF2NO. The zero-order chi connectivity index (χ0) is 11.4. The second kappa shape index (κ2) is 5.39. The van der Waals surface area contributed by atoms with Gasteiger partial charge in [0.05, 0.1) is 6.61 Å². The van der Waals surface area contributed by atoms with Crippen molar-refractivity contribution in [2.75, 3.05) is 13.7 Å². The molecule has 1 aromatic rings. The molecule has 1 aromatic carbocycles. The molecule has 0 aliphatic rings. The maximum atomic E-state index is 13.5. The molecule has 0 spiro atoms. The quantitative estimate of drug-likeness (QED) is 0.813. The van der Waals surface area contributed by atoms with Crippen LogP contribution >= 0.6 is 11.6 Å². The number of rotatable bonds is 4. The van der Waals surface area contributed by atoms with Gasteiger partial charge >= 0.3 is 0 Å². The number of nitrogens with two attached hydrogens (primary N) is 1. The smallest absolute Gasteiger partial charge is 0.166 e. The van der Waals surface area contributed by atoms with Crippen LogP contribution < -0.4 is 5.73 Å². The van der Waals surface area contributed by atoms with Crippen molar-refractivity contribution < 1.29 is 13.5 Å². The molecule has 0 saturated heterocycles. The molecule has 2 nitrogen and oxygen atoms in total. The lowest BCUT2D eigenvalue weighted by atomic mass is 10.1. The Morgan fingerprint density at radius 2 is 2.07 bits per heavy atom. The Bertz CT molecular complexity index is 358. The maximum absolute atomic E-state index is 13.5. The van der Waals surface area contributed by atoms with Crippen LogP contribution in [-0.4, -0.2) is 13.7 Å². The molecular weight excluding hydrogens is 224 g/mol. The summed E-state index contributed by atoms with van der Waals surface area (Å²) in [4.78, 5) is 0. The fraction of sp³-hybridized carbons (Fsp3) is 0.400. The summed E-state index contributed by atoms with van der Waals surface area (Å²) in [6.45, 7) is 0.195. The SMILES string of the molecule is COCc1c(Cl)cc(CCN)c(F)c1F. The zero-order valence-corrected chi connectivity index (χ0v) is 9.07. The highest BCUT2D eigenvalue weighted by molar-refractivity contribution is 6.31. The largest absolute Gasteiger partial charge is 0.380 e. The lowest BCUT2D eigenvalue weighted by Gasteiger charge is -2.09. The van der Waals surface area contributed by atoms with E-state index in [0.29, 0.717) is 0 Å². The van der Waals surface area contributed by atoms with Gasteiger partial charge in [0.15, 0.2) is 11.6 Å². The van der Waals surface area contributed by atoms with Crippen molar-refractivity contribution in [1.82, 2.24) is 0 Å². The molecule has 0 saturated carbocycles. The average molecular weight is 236 g/mol. The molecule has 2 N–H and O–H groups in total. The van der Waals surface area contributed by atoms with Gasteiger partial charge in [-0.15, -0.1) is 0 Å². The van der Waals surface area contributed by atoms with Gasteiger partial charge in [-0.1, -0.05) is 11.6 Å². The highest BCUT2D eigenvalue weighted by Gasteiger charge is 2.16. The van der Waals surface area contributed by atoms with Crippen LogP contribution in [0.2, 0.25) is 5.02 Å². The van der Waals surface area contributed by atoms with E-state index < -0.39 is 11.6 Å². The van der Waals surface area contributed by atoms with Crippen molar-refractivity contribution in [2.24, 2.45) is 5.73 Å². The predicted molar refractivity (Wildman–Crippen MR) is 54.8 cm³/mol. The van der Waals surface area contributed by atoms with E-state index in [9.17, 15) is 8.78 Å². The third-order valence-electron chi connectivity index (χ3n) is 2.03. The summed E-state index contributed by atoms with van der Waals surface area (Å²) in [5.41, 5.74) is 5.50. The minimum atomic E-state index is -0.951. The number of hydrogen-bond acceptors (Lipinski definition) is 2. The molecule has 0 radical (unpaired) electrons. The number of benzene rings is 1. The minimum absolute atomic E-state index is 0.0393. The monoisotopic (exact) mass is 235 g/mol. The third-order valence-corrected chi connectivity index (χ3v) is 2.37. The molecule has 0 unspecified atom stereocenters. The Morgan fingerprint density at radius 1 is 1.40 bits per heavy atom. The molecule has 0 aromatic heterocycles. The van der Waals surface area contributed by atoms with E-state index in [1.165, 1.54) is 13.2 Å². The van der Waals surface area contributed by atoms with Crippen LogP contribution in [0.1, 0.15) is 11.1 Å². The Hall–Kier alpha value is -0.710. The van der Waals surface area contributed by atoms with Crippen LogP contribution in [0.3, 0.4) is 0 Å². The highest BCUT2D eigenvalue weighted by Crippen LogP contribution is 2.25. The summed E-state index contributed by atoms with van der Waals surface area (Å²) in [5.74, 6) is -1.84. The van der Waals surface area contributed by atoms with Gasteiger partial charge in [-0.3, -0.25) is 0 Å². The van der Waals surface area contributed by atoms with E-state index >= 15 is 0 Å². The first-order chi connectivity index (χ1) is 7.11. The molecule has 1 rings (SSSR count). The van der Waals surface area contributed by atoms with E-state index in [1.54, 1.807) is 0 Å². The van der Waals surface area contributed by atoms with Gasteiger partial charge < -0.3 is 10.5 Å². The fourth-order valence-electron chi connectivity index (χ4n) is 1.30. The third kappa shape index (κ3) is 2.65. The van der Waals surface area contributed by atoms with Crippen molar-refractivity contribution in [2.45, 2.75) is 13.0 Å². The maximum Gasteiger partial charge on any atom is 0.166 e. The summed E-state index contributed by atoms with van der Waals surface area (Å²) < 4.78 is 31.6. The predicted octanol–water partition coefficient (Wildman–Crippen LogP) is 2.27. The number of hydrogen-bond donors (Lipinski definition) is 1. The van der Waals surface area contributed by atoms with E-state index in [1.807, 2.05) is 0 Å². The Kier molecular flexibility index (Phi) is 4.45. The standard InChI is InChI=1S/C10H12ClF2NO/c1-15-5-7-8(11)4-6(2-3-14)9(12)10(7)13/h4H,2-3,5,14H2,1H3. The molecule has 0 aliphatic carbocycles. The summed E-state index contributed by atoms with van der Waals surface area (Å²) >= 11 is 5.79. The molecule has 84 valence electrons. The van der Waals surface area contributed by atoms with Crippen LogP contribution in [0, 0.1) is 11.6 Å². The molecule has 0 fully saturated rings. The second-order valence-corrected chi connectivity index (χ2v) is 3.50. The van der Waals surface area contributed by atoms with E-state index in [4.69, 9.17) is 22.1 Å². The van der Waals surface area contributed by atoms with Crippen LogP contribution in [0.5, 0.6) is 0 Å². The first-order valence-electron chi connectivity index (χ1n) is 4.46. The Morgan fingerprint density at radius 3 is 2.60 bits per heavy atom. The fourth-order valence-corrected chi connectivity index (χ4v) is 1.57. The summed E-state index contributed by atoms with van der Waals surface area (Å²) in [7, 11) is 1.39. The lowest BCUT2D eigenvalue weighted by Crippen LogP contribution is -2.08. The summed E-state index contributed by atoms with van der Waals surface area (Å²) in [6, 6.07) is 1.39. The molecule has 0 bridgehead atoms. The van der Waals surface area contributed by atoms with E-state index in [2.05, 4.69) is 0 Å². The molecule has 5 heteroatoms. The van der Waals surface area contributed by atoms with Gasteiger partial charge in [0, 0.05) is 17.7 Å². The molecule has 0 heterocycles. The zero-order valence-electron chi connectivity index (χ0n) is 8.32. The van der Waals surface area contributed by atoms with Crippen molar-refractivity contribution in [1.29, 1.82) is 0 Å². The van der Waals surface area contributed by atoms with Gasteiger partial charge in [0.25, 0.3) is 0 Å². The van der Waals surface area contributed by atoms with Gasteiger partial charge in [-0.05, 0) is 24.6 Å². The van der Waals surface area contributed by atoms with Gasteiger partial charge in [0.1, 0.15) is 0 Å². The number of ether oxygens (including phenoxy) is 1. The first-order valence-corrected chi connectivity index (χ1v) is 4.83. The Labute approximate surface area is 92.0 Å². The first kappa shape index (κ1) is 12.4. The van der Waals surface area contributed by atoms with Crippen LogP contribution in [0.25, 0.3) is 0 Å². The van der Waals surface area contributed by atoms with Crippen LogP contribution in [-0.2, 0) is 17.8 Å². The summed E-state index contributed by atoms with van der Waals surface area (Å²) in [6.07, 6.45) is 0.260. The van der Waals surface area contributed by atoms with Crippen molar-refractivity contribution in [3.05, 3.63) is 33.9 Å². The molecule has 15 heavy (non-hydrogen) atoms. The van der Waals surface area contributed by atoms with Crippen LogP contribution in [0.4, 0.5) is 8.78 Å². The van der Waals surface area contributed by atoms with Crippen molar-refractivity contribution in [3.63, 3.8) is 0 Å². The molecule has 0 aliphatic heterocycles. The normalized spacial score (nSPS) is 10.7. The van der Waals surface area contributed by atoms with Gasteiger partial charge in [-0.25, -0.2) is 8.78 Å². The average Bonchev–Trinajstić information content (AvgIpc) is 2.21. The van der Waals surface area contributed by atoms with E-state index in [0.717, 1.165) is 0 Å². The number of halogens is 3. The molecule has 0 atom stereocenters. The van der Waals surface area contributed by atoms with Crippen molar-refractivity contribution >= 4 is 11.6 Å².